The van der Waals surface area contributed by atoms with Crippen LogP contribution in [0.2, 0.25) is 0 Å². The first kappa shape index (κ1) is 24.1. The van der Waals surface area contributed by atoms with E-state index in [4.69, 9.17) is 9.47 Å². The van der Waals surface area contributed by atoms with Crippen LogP contribution in [0.4, 0.5) is 4.39 Å². The number of hydrogen-bond donors (Lipinski definition) is 0. The molecule has 1 amide bonds. The first-order chi connectivity index (χ1) is 17.9. The molecule has 1 fully saturated rings. The van der Waals surface area contributed by atoms with Crippen LogP contribution in [0.15, 0.2) is 59.7 Å². The Morgan fingerprint density at radius 2 is 1.89 bits per heavy atom. The van der Waals surface area contributed by atoms with E-state index in [-0.39, 0.29) is 29.1 Å². The Morgan fingerprint density at radius 3 is 2.62 bits per heavy atom. The number of pyridine rings is 1. The Morgan fingerprint density at radius 1 is 1.14 bits per heavy atom. The minimum atomic E-state index is -0.594. The van der Waals surface area contributed by atoms with Crippen molar-refractivity contribution >= 4 is 16.9 Å². The Hall–Kier alpha value is -4.58. The van der Waals surface area contributed by atoms with Gasteiger partial charge in [-0.05, 0) is 68.2 Å². The highest BCUT2D eigenvalue weighted by molar-refractivity contribution is 5.93. The van der Waals surface area contributed by atoms with E-state index in [1.165, 1.54) is 19.2 Å². The van der Waals surface area contributed by atoms with Crippen molar-refractivity contribution < 1.29 is 18.7 Å². The van der Waals surface area contributed by atoms with Crippen LogP contribution in [0.1, 0.15) is 24.9 Å². The summed E-state index contributed by atoms with van der Waals surface area (Å²) in [5, 5.41) is 0. The third-order valence-electron chi connectivity index (χ3n) is 6.48. The molecule has 0 saturated carbocycles. The molecule has 1 aliphatic heterocycles. The van der Waals surface area contributed by atoms with Gasteiger partial charge in [0, 0.05) is 19.3 Å². The lowest BCUT2D eigenvalue weighted by Gasteiger charge is -2.15. The van der Waals surface area contributed by atoms with Gasteiger partial charge in [0.15, 0.2) is 11.5 Å². The zero-order chi connectivity index (χ0) is 26.1. The average Bonchev–Trinajstić information content (AvgIpc) is 3.49. The molecule has 0 bridgehead atoms. The fourth-order valence-corrected chi connectivity index (χ4v) is 4.76. The van der Waals surface area contributed by atoms with Crippen molar-refractivity contribution in [3.8, 4) is 34.8 Å². The number of halogens is 1. The highest BCUT2D eigenvalue weighted by atomic mass is 19.1. The van der Waals surface area contributed by atoms with E-state index in [0.717, 1.165) is 11.1 Å². The quantitative estimate of drug-likeness (QED) is 0.383. The Labute approximate surface area is 212 Å². The summed E-state index contributed by atoms with van der Waals surface area (Å²) in [6, 6.07) is 11.3. The van der Waals surface area contributed by atoms with Crippen molar-refractivity contribution in [2.24, 2.45) is 0 Å². The lowest BCUT2D eigenvalue weighted by Crippen LogP contribution is -2.31. The van der Waals surface area contributed by atoms with E-state index in [0.29, 0.717) is 36.5 Å². The molecule has 1 aliphatic rings. The zero-order valence-corrected chi connectivity index (χ0v) is 20.7. The lowest BCUT2D eigenvalue weighted by atomic mass is 10.2. The lowest BCUT2D eigenvalue weighted by molar-refractivity contribution is -0.124. The molecule has 1 atom stereocenters. The smallest absolute Gasteiger partial charge is 0.334 e. The predicted molar refractivity (Wildman–Crippen MR) is 137 cm³/mol. The second-order valence-corrected chi connectivity index (χ2v) is 8.75. The van der Waals surface area contributed by atoms with Gasteiger partial charge in [-0.1, -0.05) is 12.0 Å². The maximum atomic E-state index is 14.5. The van der Waals surface area contributed by atoms with Crippen molar-refractivity contribution in [1.29, 1.82) is 0 Å². The molecule has 5 rings (SSSR count). The van der Waals surface area contributed by atoms with E-state index in [1.807, 2.05) is 6.92 Å². The highest BCUT2D eigenvalue weighted by Crippen LogP contribution is 2.32. The molecule has 0 spiro atoms. The maximum absolute atomic E-state index is 14.5. The Balaban J connectivity index is 1.51. The third-order valence-corrected chi connectivity index (χ3v) is 6.48. The number of methoxy groups -OCH3 is 1. The van der Waals surface area contributed by atoms with Crippen LogP contribution in [0.5, 0.6) is 17.2 Å². The number of nitrogens with zero attached hydrogens (tertiary/aromatic N) is 4. The topological polar surface area (TPSA) is 78.6 Å². The number of carbonyl (C=O) groups is 1. The standard InChI is InChI=1S/C28H25FN4O4/c1-4-6-25(34)31-14-13-20(17-31)33-27-18(2)15-30-16-22(27)32(28(33)35)19-9-11-21(12-10-19)37-24-8-5-7-23(36-3)26(24)29/h5,7-12,15-16,20H,13-14,17H2,1-3H3/t20-/m1/s1. The van der Waals surface area contributed by atoms with Gasteiger partial charge in [-0.15, -0.1) is 0 Å². The van der Waals surface area contributed by atoms with Crippen LogP contribution in [0.25, 0.3) is 16.7 Å². The first-order valence-electron chi connectivity index (χ1n) is 11.8. The van der Waals surface area contributed by atoms with E-state index in [1.54, 1.807) is 63.7 Å². The number of fused-ring (bicyclic) bond motifs is 1. The van der Waals surface area contributed by atoms with Gasteiger partial charge < -0.3 is 14.4 Å². The predicted octanol–water partition coefficient (Wildman–Crippen LogP) is 4.23. The number of aromatic nitrogens is 3. The second kappa shape index (κ2) is 9.82. The molecule has 1 saturated heterocycles. The molecular weight excluding hydrogens is 475 g/mol. The van der Waals surface area contributed by atoms with Gasteiger partial charge in [-0.2, -0.15) is 4.39 Å². The van der Waals surface area contributed by atoms with Crippen LogP contribution in [0.3, 0.4) is 0 Å². The van der Waals surface area contributed by atoms with Gasteiger partial charge >= 0.3 is 5.69 Å². The number of amides is 1. The number of carbonyl (C=O) groups excluding carboxylic acids is 1. The van der Waals surface area contributed by atoms with Crippen molar-refractivity contribution in [2.75, 3.05) is 20.2 Å². The normalized spacial score (nSPS) is 14.9. The fourth-order valence-electron chi connectivity index (χ4n) is 4.76. The minimum absolute atomic E-state index is 0.0359. The van der Waals surface area contributed by atoms with Gasteiger partial charge in [0.1, 0.15) is 5.75 Å². The number of likely N-dealkylation sites (tertiary alicyclic amines) is 1. The molecule has 0 radical (unpaired) electrons. The molecule has 0 N–H and O–H groups in total. The summed E-state index contributed by atoms with van der Waals surface area (Å²) in [5.41, 5.74) is 2.69. The van der Waals surface area contributed by atoms with Crippen molar-refractivity contribution in [1.82, 2.24) is 19.0 Å². The molecule has 3 heterocycles. The van der Waals surface area contributed by atoms with Crippen LogP contribution >= 0.6 is 0 Å². The van der Waals surface area contributed by atoms with Gasteiger partial charge in [0.2, 0.25) is 5.82 Å². The summed E-state index contributed by atoms with van der Waals surface area (Å²) in [4.78, 5) is 32.1. The van der Waals surface area contributed by atoms with Gasteiger partial charge in [-0.3, -0.25) is 18.9 Å². The number of benzene rings is 2. The van der Waals surface area contributed by atoms with Crippen molar-refractivity contribution in [2.45, 2.75) is 26.3 Å². The molecule has 2 aromatic heterocycles. The molecule has 0 aliphatic carbocycles. The average molecular weight is 501 g/mol. The summed E-state index contributed by atoms with van der Waals surface area (Å²) >= 11 is 0. The number of hydrogen-bond acceptors (Lipinski definition) is 5. The number of imidazole rings is 1. The van der Waals surface area contributed by atoms with Crippen LogP contribution < -0.4 is 15.2 Å². The van der Waals surface area contributed by atoms with Crippen LogP contribution in [0, 0.1) is 24.6 Å². The number of ether oxygens (including phenoxy) is 2. The SMILES string of the molecule is CC#CC(=O)N1CC[C@@H](n2c(=O)n(-c3ccc(Oc4cccc(OC)c4F)cc3)c3cncc(C)c32)C1. The molecule has 2 aromatic carbocycles. The maximum Gasteiger partial charge on any atom is 0.334 e. The van der Waals surface area contributed by atoms with Gasteiger partial charge in [0.25, 0.3) is 5.91 Å². The minimum Gasteiger partial charge on any atom is -0.494 e. The van der Waals surface area contributed by atoms with E-state index < -0.39 is 5.82 Å². The number of aryl methyl sites for hydroxylation is 1. The Bertz CT molecular complexity index is 1610. The molecule has 37 heavy (non-hydrogen) atoms. The third kappa shape index (κ3) is 4.31. The summed E-state index contributed by atoms with van der Waals surface area (Å²) in [5.74, 6) is 4.93. The number of rotatable bonds is 5. The summed E-state index contributed by atoms with van der Waals surface area (Å²) in [6.45, 7) is 4.49. The molecule has 9 heteroatoms. The van der Waals surface area contributed by atoms with Crippen LogP contribution in [-0.4, -0.2) is 45.1 Å². The van der Waals surface area contributed by atoms with E-state index in [9.17, 15) is 14.0 Å². The van der Waals surface area contributed by atoms with Gasteiger partial charge in [-0.25, -0.2) is 4.79 Å². The van der Waals surface area contributed by atoms with Gasteiger partial charge in [0.05, 0.1) is 36.1 Å². The van der Waals surface area contributed by atoms with Crippen LogP contribution in [-0.2, 0) is 4.79 Å². The first-order valence-corrected chi connectivity index (χ1v) is 11.8. The van der Waals surface area contributed by atoms with E-state index >= 15 is 0 Å². The summed E-state index contributed by atoms with van der Waals surface area (Å²) < 4.78 is 28.6. The zero-order valence-electron chi connectivity index (χ0n) is 20.7. The summed E-state index contributed by atoms with van der Waals surface area (Å²) in [7, 11) is 1.39. The molecule has 8 nitrogen and oxygen atoms in total. The highest BCUT2D eigenvalue weighted by Gasteiger charge is 2.31. The molecule has 188 valence electrons. The second-order valence-electron chi connectivity index (χ2n) is 8.75. The summed E-state index contributed by atoms with van der Waals surface area (Å²) in [6.07, 6.45) is 4.04. The fraction of sp³-hybridized carbons (Fsp3) is 0.250. The van der Waals surface area contributed by atoms with Crippen molar-refractivity contribution in [3.63, 3.8) is 0 Å². The largest absolute Gasteiger partial charge is 0.494 e. The molecule has 4 aromatic rings. The van der Waals surface area contributed by atoms with E-state index in [2.05, 4.69) is 16.8 Å². The Kier molecular flexibility index (Phi) is 6.40. The van der Waals surface area contributed by atoms with Crippen molar-refractivity contribution in [3.05, 3.63) is 76.7 Å². The monoisotopic (exact) mass is 500 g/mol. The molecule has 0 unspecified atom stereocenters. The molecular formula is C28H25FN4O4.